The maximum absolute atomic E-state index is 12.6. The molecule has 4 aromatic rings. The van der Waals surface area contributed by atoms with Crippen molar-refractivity contribution in [1.82, 2.24) is 19.8 Å². The average Bonchev–Trinajstić information content (AvgIpc) is 1.86. The molecule has 486 valence electrons. The van der Waals surface area contributed by atoms with E-state index in [-0.39, 0.29) is 51.9 Å². The fourth-order valence-corrected chi connectivity index (χ4v) is 10.4. The Labute approximate surface area is 529 Å². The number of amides is 4. The van der Waals surface area contributed by atoms with Crippen LogP contribution in [0.2, 0.25) is 0 Å². The van der Waals surface area contributed by atoms with Crippen molar-refractivity contribution in [2.45, 2.75) is 143 Å². The number of nitrogens with two attached hydrogens (primary N) is 1. The van der Waals surface area contributed by atoms with Gasteiger partial charge in [0.05, 0.1) is 49.7 Å². The van der Waals surface area contributed by atoms with E-state index in [1.807, 2.05) is 93.5 Å². The summed E-state index contributed by atoms with van der Waals surface area (Å²) in [6, 6.07) is 17.6. The number of aryl methyl sites for hydroxylation is 2. The normalized spacial score (nSPS) is 18.6. The predicted molar refractivity (Wildman–Crippen MR) is 347 cm³/mol. The second-order valence-corrected chi connectivity index (χ2v) is 24.1. The van der Waals surface area contributed by atoms with Crippen LogP contribution < -0.4 is 37.4 Å². The molecule has 18 nitrogen and oxygen atoms in total. The van der Waals surface area contributed by atoms with Crippen LogP contribution in [0.15, 0.2) is 60.7 Å². The van der Waals surface area contributed by atoms with Gasteiger partial charge in [-0.1, -0.05) is 31.5 Å². The largest absolute Gasteiger partial charge is 0.495 e. The minimum Gasteiger partial charge on any atom is -0.399 e. The zero-order valence-corrected chi connectivity index (χ0v) is 54.8. The third-order valence-corrected chi connectivity index (χ3v) is 16.1. The molecule has 4 atom stereocenters. The average molecular weight is 1360 g/mol. The second kappa shape index (κ2) is 34.2. The van der Waals surface area contributed by atoms with Crippen LogP contribution in [0.1, 0.15) is 105 Å². The Kier molecular flexibility index (Phi) is 29.3. The van der Waals surface area contributed by atoms with E-state index in [2.05, 4.69) is 64.8 Å². The van der Waals surface area contributed by atoms with Crippen LogP contribution in [0, 0.1) is 29.3 Å². The van der Waals surface area contributed by atoms with E-state index in [0.717, 1.165) is 88.9 Å². The summed E-state index contributed by atoms with van der Waals surface area (Å²) in [5, 5.41) is 30.7. The molecule has 4 aliphatic rings. The summed E-state index contributed by atoms with van der Waals surface area (Å²) in [6.45, 7) is 25.6. The van der Waals surface area contributed by atoms with Gasteiger partial charge < -0.3 is 70.7 Å². The number of pyridine rings is 2. The SMILES string of the molecule is CCOCC.CC[C@H](CO)Nc1cc(-c2cc(NC(=O)N3CC[C@@H](CC(F)(F)F)C3)ccc2C)cc(N)n1.CC[C@H](CO)Nc1cc(I)cc(N2CCOCC2)n1.Cc1ccc(NC(=O)N2CC[C@@H](CC(F)(F)F)C2)cc1B1OC(C)(C)C(C)(C)O1.S. The second-order valence-electron chi connectivity index (χ2n) is 22.8. The Morgan fingerprint density at radius 2 is 1.21 bits per heavy atom. The molecule has 27 heteroatoms. The van der Waals surface area contributed by atoms with Gasteiger partial charge in [0.25, 0.3) is 0 Å². The third kappa shape index (κ3) is 23.7. The van der Waals surface area contributed by atoms with Crippen molar-refractivity contribution in [1.29, 1.82) is 0 Å². The van der Waals surface area contributed by atoms with Crippen molar-refractivity contribution < 1.29 is 64.9 Å². The molecule has 87 heavy (non-hydrogen) atoms. The molecular formula is C60H90BF6IN10O8S. The molecule has 2 aromatic carbocycles. The number of nitrogens with zero attached hydrogens (tertiary/aromatic N) is 5. The number of benzene rings is 2. The number of anilines is 6. The maximum atomic E-state index is 12.6. The third-order valence-electron chi connectivity index (χ3n) is 15.5. The van der Waals surface area contributed by atoms with Gasteiger partial charge in [0, 0.05) is 80.3 Å². The molecule has 4 aliphatic heterocycles. The lowest BCUT2D eigenvalue weighted by molar-refractivity contribution is -0.144. The molecule has 4 amide bonds. The van der Waals surface area contributed by atoms with Gasteiger partial charge in [0.15, 0.2) is 0 Å². The number of nitrogen functional groups attached to an aromatic ring is 1. The molecule has 0 spiro atoms. The van der Waals surface area contributed by atoms with E-state index in [1.165, 1.54) is 9.80 Å². The summed E-state index contributed by atoms with van der Waals surface area (Å²) in [5.74, 6) is 1.54. The standard InChI is InChI=1S/C23H30F3N5O2.C20H28BF3N2O3.C13H20IN3O2.C4H10O.H2S/c1-3-17(13-32)28-21-9-16(8-20(27)30-21)19-10-18(5-4-14(19)2)29-22(33)31-7-6-15(12-31)11-23(24,25)26;1-13-6-7-15(10-16(13)21-28-18(2,3)19(4,5)29-21)25-17(27)26-9-8-14(12-26)11-20(22,23)24;1-2-11(9-18)15-12-7-10(14)8-13(16-12)17-3-5-19-6-4-17;1-3-5-4-2;/h4-5,8-10,15,17,32H,3,6-7,11-13H2,1-2H3,(H,29,33)(H3,27,28,30);6-7,10,14H,8-9,11-12H2,1-5H3,(H,25,27);7-8,11,18H,2-6,9H2,1H3,(H,15,16);3-4H2,1-2H3;1H2/t15-,17+;14-;11-;;/m001../s1. The van der Waals surface area contributed by atoms with Crippen LogP contribution >= 0.6 is 36.1 Å². The van der Waals surface area contributed by atoms with Gasteiger partial charge in [-0.25, -0.2) is 19.6 Å². The molecule has 2 aromatic heterocycles. The van der Waals surface area contributed by atoms with Crippen molar-refractivity contribution in [2.75, 3.05) is 111 Å². The topological polar surface area (TPSA) is 221 Å². The minimum absolute atomic E-state index is 0. The maximum Gasteiger partial charge on any atom is 0.495 e. The Bertz CT molecular complexity index is 2780. The number of hydrogen-bond donors (Lipinski definition) is 7. The molecule has 6 heterocycles. The summed E-state index contributed by atoms with van der Waals surface area (Å²) in [6.07, 6.45) is -7.87. The Morgan fingerprint density at radius 3 is 1.67 bits per heavy atom. The highest BCUT2D eigenvalue weighted by Gasteiger charge is 2.52. The van der Waals surface area contributed by atoms with Crippen molar-refractivity contribution in [3.63, 3.8) is 0 Å². The minimum atomic E-state index is -4.22. The van der Waals surface area contributed by atoms with E-state index >= 15 is 0 Å². The van der Waals surface area contributed by atoms with Gasteiger partial charge in [0.2, 0.25) is 0 Å². The lowest BCUT2D eigenvalue weighted by Gasteiger charge is -2.32. The Hall–Kier alpha value is -5.04. The van der Waals surface area contributed by atoms with Crippen molar-refractivity contribution in [2.24, 2.45) is 11.8 Å². The van der Waals surface area contributed by atoms with Gasteiger partial charge in [-0.05, 0) is 186 Å². The summed E-state index contributed by atoms with van der Waals surface area (Å²) < 4.78 is 99.2. The Balaban J connectivity index is 0.000000275. The van der Waals surface area contributed by atoms with E-state index in [0.29, 0.717) is 55.4 Å². The summed E-state index contributed by atoms with van der Waals surface area (Å²) in [5.41, 5.74) is 10.5. The van der Waals surface area contributed by atoms with E-state index in [1.54, 1.807) is 30.3 Å². The number of halogens is 7. The van der Waals surface area contributed by atoms with E-state index in [4.69, 9.17) is 24.5 Å². The van der Waals surface area contributed by atoms with Gasteiger partial charge in [-0.3, -0.25) is 0 Å². The number of carbonyl (C=O) groups excluding carboxylic acids is 2. The monoisotopic (exact) mass is 1360 g/mol. The quantitative estimate of drug-likeness (QED) is 0.0297. The predicted octanol–water partition coefficient (Wildman–Crippen LogP) is 11.6. The molecule has 0 aliphatic carbocycles. The molecular weight excluding hydrogens is 1270 g/mol. The first-order valence-electron chi connectivity index (χ1n) is 29.4. The van der Waals surface area contributed by atoms with Crippen molar-refractivity contribution in [3.05, 3.63) is 75.4 Å². The lowest BCUT2D eigenvalue weighted by Crippen LogP contribution is -2.41. The van der Waals surface area contributed by atoms with Gasteiger partial charge >= 0.3 is 31.5 Å². The first-order valence-corrected chi connectivity index (χ1v) is 30.5. The summed E-state index contributed by atoms with van der Waals surface area (Å²) in [4.78, 5) is 39.1. The fourth-order valence-electron chi connectivity index (χ4n) is 9.85. The molecule has 8 N–H and O–H groups in total. The summed E-state index contributed by atoms with van der Waals surface area (Å²) >= 11 is 2.30. The number of aromatic nitrogens is 2. The number of alkyl halides is 6. The van der Waals surface area contributed by atoms with Crippen molar-refractivity contribution in [3.8, 4) is 11.1 Å². The number of aliphatic hydroxyl groups is 2. The van der Waals surface area contributed by atoms with E-state index in [9.17, 15) is 46.1 Å². The molecule has 0 saturated carbocycles. The molecule has 4 saturated heterocycles. The smallest absolute Gasteiger partial charge is 0.399 e. The number of morpholine rings is 1. The zero-order chi connectivity index (χ0) is 63.6. The molecule has 8 rings (SSSR count). The van der Waals surface area contributed by atoms with Crippen LogP contribution in [-0.4, -0.2) is 164 Å². The highest BCUT2D eigenvalue weighted by atomic mass is 127. The highest BCUT2D eigenvalue weighted by molar-refractivity contribution is 14.1. The van der Waals surface area contributed by atoms with Crippen LogP contribution in [-0.2, 0) is 18.8 Å². The van der Waals surface area contributed by atoms with Crippen molar-refractivity contribution >= 4 is 95.4 Å². The lowest BCUT2D eigenvalue weighted by atomic mass is 9.76. The first-order chi connectivity index (χ1) is 40.5. The van der Waals surface area contributed by atoms with Gasteiger partial charge in [-0.2, -0.15) is 39.8 Å². The van der Waals surface area contributed by atoms with Crippen LogP contribution in [0.3, 0.4) is 0 Å². The first kappa shape index (κ1) is 74.4. The van der Waals surface area contributed by atoms with E-state index < -0.39 is 67.4 Å². The number of rotatable bonds is 17. The summed E-state index contributed by atoms with van der Waals surface area (Å²) in [7, 11) is -0.556. The number of aliphatic hydroxyl groups excluding tert-OH is 2. The Morgan fingerprint density at radius 1 is 0.724 bits per heavy atom. The number of nitrogens with one attached hydrogen (secondary N) is 4. The molecule has 0 radical (unpaired) electrons. The van der Waals surface area contributed by atoms with Gasteiger partial charge in [0.1, 0.15) is 23.3 Å². The molecule has 0 bridgehead atoms. The fraction of sp³-hybridized carbons (Fsp3) is 0.600. The van der Waals surface area contributed by atoms with Crippen LogP contribution in [0.5, 0.6) is 0 Å². The number of hydrogen-bond acceptors (Lipinski definition) is 14. The highest BCUT2D eigenvalue weighted by Crippen LogP contribution is 2.38. The van der Waals surface area contributed by atoms with Crippen LogP contribution in [0.25, 0.3) is 11.1 Å². The van der Waals surface area contributed by atoms with Crippen LogP contribution in [0.4, 0.5) is 70.6 Å². The number of ether oxygens (including phenoxy) is 2. The van der Waals surface area contributed by atoms with Gasteiger partial charge in [-0.15, -0.1) is 0 Å². The molecule has 4 fully saturated rings. The number of urea groups is 2. The zero-order valence-electron chi connectivity index (χ0n) is 51.7. The number of carbonyl (C=O) groups is 2. The molecule has 0 unspecified atom stereocenters. The number of likely N-dealkylation sites (tertiary alicyclic amines) is 2.